The van der Waals surface area contributed by atoms with Crippen molar-refractivity contribution in [3.63, 3.8) is 0 Å². The summed E-state index contributed by atoms with van der Waals surface area (Å²) in [6.07, 6.45) is 3.25. The van der Waals surface area contributed by atoms with E-state index < -0.39 is 10.0 Å². The quantitative estimate of drug-likeness (QED) is 0.229. The van der Waals surface area contributed by atoms with Crippen molar-refractivity contribution in [1.82, 2.24) is 19.6 Å². The van der Waals surface area contributed by atoms with Gasteiger partial charge in [0.25, 0.3) is 0 Å². The van der Waals surface area contributed by atoms with Gasteiger partial charge in [-0.2, -0.15) is 0 Å². The maximum Gasteiger partial charge on any atom is 0.240 e. The summed E-state index contributed by atoms with van der Waals surface area (Å²) in [5, 5.41) is 11.6. The molecule has 39 heavy (non-hydrogen) atoms. The van der Waals surface area contributed by atoms with Crippen LogP contribution in [0.1, 0.15) is 22.3 Å². The van der Waals surface area contributed by atoms with Crippen LogP contribution >= 0.6 is 0 Å². The number of hydrogen-bond donors (Lipinski definition) is 3. The van der Waals surface area contributed by atoms with Crippen LogP contribution in [0.15, 0.2) is 107 Å². The van der Waals surface area contributed by atoms with E-state index in [2.05, 4.69) is 19.6 Å². The molecule has 0 unspecified atom stereocenters. The minimum Gasteiger partial charge on any atom is -0.494 e. The number of fused-ring (bicyclic) bond motifs is 1. The lowest BCUT2D eigenvalue weighted by Gasteiger charge is -2.11. The third-order valence-corrected chi connectivity index (χ3v) is 7.61. The fourth-order valence-corrected chi connectivity index (χ4v) is 5.40. The molecule has 0 radical (unpaired) electrons. The van der Waals surface area contributed by atoms with E-state index in [-0.39, 0.29) is 17.3 Å². The highest BCUT2D eigenvalue weighted by Gasteiger charge is 2.22. The van der Waals surface area contributed by atoms with Gasteiger partial charge in [-0.15, -0.1) is 0 Å². The third-order valence-electron chi connectivity index (χ3n) is 6.21. The number of aromatic amines is 1. The molecular weight excluding hydrogens is 510 g/mol. The second-order valence-electron chi connectivity index (χ2n) is 9.47. The zero-order valence-corrected chi connectivity index (χ0v) is 22.5. The molecule has 3 aromatic carbocycles. The number of nitrogens with zero attached hydrogens (tertiary/aromatic N) is 3. The van der Waals surface area contributed by atoms with E-state index in [9.17, 15) is 13.5 Å². The first-order chi connectivity index (χ1) is 18.8. The largest absolute Gasteiger partial charge is 0.494 e. The molecule has 5 aromatic rings. The molecule has 0 saturated heterocycles. The highest BCUT2D eigenvalue weighted by molar-refractivity contribution is 7.89. The summed E-state index contributed by atoms with van der Waals surface area (Å²) < 4.78 is 29.0. The van der Waals surface area contributed by atoms with E-state index in [0.29, 0.717) is 27.9 Å². The molecular formula is C30H29N5O3S. The predicted octanol–water partition coefficient (Wildman–Crippen LogP) is 4.98. The first-order valence-corrected chi connectivity index (χ1v) is 13.9. The number of aromatic nitrogens is 2. The third kappa shape index (κ3) is 6.06. The Balaban J connectivity index is 1.58. The van der Waals surface area contributed by atoms with Crippen LogP contribution in [0.5, 0.6) is 5.88 Å². The number of sulfonamides is 1. The highest BCUT2D eigenvalue weighted by Crippen LogP contribution is 2.33. The molecule has 0 aliphatic carbocycles. The van der Waals surface area contributed by atoms with Gasteiger partial charge >= 0.3 is 0 Å². The molecule has 0 fully saturated rings. The fourth-order valence-electron chi connectivity index (χ4n) is 4.36. The number of hydrogen-bond acceptors (Lipinski definition) is 6. The van der Waals surface area contributed by atoms with E-state index in [0.717, 1.165) is 23.2 Å². The van der Waals surface area contributed by atoms with Gasteiger partial charge in [0.1, 0.15) is 0 Å². The van der Waals surface area contributed by atoms with Crippen molar-refractivity contribution in [3.8, 4) is 5.88 Å². The maximum atomic E-state index is 13.2. The normalized spacial score (nSPS) is 12.3. The second kappa shape index (κ2) is 11.2. The summed E-state index contributed by atoms with van der Waals surface area (Å²) in [6.45, 7) is 0.921. The summed E-state index contributed by atoms with van der Waals surface area (Å²) in [6, 6.07) is 25.7. The van der Waals surface area contributed by atoms with Crippen molar-refractivity contribution in [2.24, 2.45) is 4.99 Å². The van der Waals surface area contributed by atoms with Crippen molar-refractivity contribution in [3.05, 3.63) is 120 Å². The Morgan fingerprint density at radius 2 is 1.74 bits per heavy atom. The number of aliphatic imine (C=N–C) groups is 1. The van der Waals surface area contributed by atoms with Crippen LogP contribution in [-0.2, 0) is 23.1 Å². The van der Waals surface area contributed by atoms with Crippen molar-refractivity contribution < 1.29 is 13.5 Å². The van der Waals surface area contributed by atoms with Gasteiger partial charge in [-0.3, -0.25) is 4.98 Å². The molecule has 0 bridgehead atoms. The van der Waals surface area contributed by atoms with Gasteiger partial charge in [-0.1, -0.05) is 48.5 Å². The smallest absolute Gasteiger partial charge is 0.240 e. The first kappa shape index (κ1) is 26.3. The number of H-pyrrole nitrogens is 1. The van der Waals surface area contributed by atoms with Crippen LogP contribution in [-0.4, -0.2) is 48.2 Å². The Morgan fingerprint density at radius 1 is 0.974 bits per heavy atom. The Labute approximate surface area is 227 Å². The molecule has 0 aliphatic heterocycles. The van der Waals surface area contributed by atoms with Gasteiger partial charge < -0.3 is 15.0 Å². The molecule has 198 valence electrons. The van der Waals surface area contributed by atoms with E-state index in [1.807, 2.05) is 68.7 Å². The molecule has 0 spiro atoms. The molecule has 2 heterocycles. The van der Waals surface area contributed by atoms with Crippen LogP contribution in [0, 0.1) is 0 Å². The van der Waals surface area contributed by atoms with E-state index >= 15 is 0 Å². The summed E-state index contributed by atoms with van der Waals surface area (Å²) in [4.78, 5) is 14.1. The zero-order valence-electron chi connectivity index (χ0n) is 21.7. The first-order valence-electron chi connectivity index (χ1n) is 12.4. The number of rotatable bonds is 9. The lowest BCUT2D eigenvalue weighted by atomic mass is 10.0. The molecule has 2 aromatic heterocycles. The van der Waals surface area contributed by atoms with Crippen LogP contribution in [0.2, 0.25) is 0 Å². The molecule has 3 N–H and O–H groups in total. The molecule has 0 atom stereocenters. The number of pyridine rings is 1. The average Bonchev–Trinajstić information content (AvgIpc) is 3.27. The maximum absolute atomic E-state index is 13.2. The minimum atomic E-state index is -3.84. The van der Waals surface area contributed by atoms with Crippen molar-refractivity contribution in [2.45, 2.75) is 18.0 Å². The Morgan fingerprint density at radius 3 is 2.44 bits per heavy atom. The number of benzene rings is 3. The van der Waals surface area contributed by atoms with E-state index in [4.69, 9.17) is 4.99 Å². The number of nitrogens with one attached hydrogen (secondary N) is 2. The van der Waals surface area contributed by atoms with E-state index in [1.54, 1.807) is 36.7 Å². The van der Waals surface area contributed by atoms with E-state index in [1.165, 1.54) is 6.07 Å². The fraction of sp³-hybridized carbons (Fsp3) is 0.133. The molecule has 0 aliphatic rings. The molecule has 9 heteroatoms. The van der Waals surface area contributed by atoms with Gasteiger partial charge in [0.15, 0.2) is 5.88 Å². The topological polar surface area (TPSA) is 111 Å². The average molecular weight is 540 g/mol. The predicted molar refractivity (Wildman–Crippen MR) is 154 cm³/mol. The summed E-state index contributed by atoms with van der Waals surface area (Å²) >= 11 is 0. The van der Waals surface area contributed by atoms with Crippen LogP contribution in [0.3, 0.4) is 0 Å². The van der Waals surface area contributed by atoms with Gasteiger partial charge in [0, 0.05) is 41.9 Å². The van der Waals surface area contributed by atoms with Crippen LogP contribution in [0.25, 0.3) is 10.9 Å². The lowest BCUT2D eigenvalue weighted by Crippen LogP contribution is -2.23. The van der Waals surface area contributed by atoms with Crippen molar-refractivity contribution in [2.75, 3.05) is 14.1 Å². The zero-order chi connectivity index (χ0) is 27.4. The lowest BCUT2D eigenvalue weighted by molar-refractivity contribution is 0.402. The Bertz CT molecular complexity index is 1710. The Kier molecular flexibility index (Phi) is 7.56. The van der Waals surface area contributed by atoms with Gasteiger partial charge in [-0.05, 0) is 61.6 Å². The van der Waals surface area contributed by atoms with Crippen LogP contribution < -0.4 is 4.72 Å². The van der Waals surface area contributed by atoms with Gasteiger partial charge in [-0.25, -0.2) is 18.1 Å². The van der Waals surface area contributed by atoms with Crippen LogP contribution in [0.4, 0.5) is 5.69 Å². The van der Waals surface area contributed by atoms with Gasteiger partial charge in [0.2, 0.25) is 10.0 Å². The van der Waals surface area contributed by atoms with Gasteiger partial charge in [0.05, 0.1) is 21.9 Å². The molecule has 0 saturated carbocycles. The monoisotopic (exact) mass is 539 g/mol. The summed E-state index contributed by atoms with van der Waals surface area (Å²) in [5.74, 6) is -0.0882. The molecule has 0 amide bonds. The van der Waals surface area contributed by atoms with Crippen molar-refractivity contribution >= 4 is 32.3 Å². The minimum absolute atomic E-state index is 0.0830. The summed E-state index contributed by atoms with van der Waals surface area (Å²) in [7, 11) is 0.194. The SMILES string of the molecule is CN(C)Cc1ccc(N=C(c2ccccc2)c2c(O)[nH]c3ccc(S(=O)(=O)NCc4cccnc4)cc23)cc1. The Hall–Kier alpha value is -4.31. The molecule has 8 nitrogen and oxygen atoms in total. The standard InChI is InChI=1S/C30H29N5O3S/c1-35(2)20-21-10-12-24(13-11-21)33-29(23-8-4-3-5-9-23)28-26-17-25(14-15-27(26)34-30(28)36)39(37,38)32-19-22-7-6-16-31-18-22/h3-18,32,34,36H,19-20H2,1-2H3. The highest BCUT2D eigenvalue weighted by atomic mass is 32.2. The van der Waals surface area contributed by atoms with Crippen molar-refractivity contribution in [1.29, 1.82) is 0 Å². The second-order valence-corrected chi connectivity index (χ2v) is 11.2. The summed E-state index contributed by atoms with van der Waals surface area (Å²) in [5.41, 5.74) is 4.95. The number of aromatic hydroxyl groups is 1. The molecule has 5 rings (SSSR count).